The molecule has 0 spiro atoms. The summed E-state index contributed by atoms with van der Waals surface area (Å²) in [5.74, 6) is -0.411. The number of aliphatic hydroxyl groups excluding tert-OH is 1. The van der Waals surface area contributed by atoms with Gasteiger partial charge in [-0.1, -0.05) is 6.92 Å². The Bertz CT molecular complexity index is 566. The third-order valence-corrected chi connectivity index (χ3v) is 3.81. The second kappa shape index (κ2) is 6.17. The third kappa shape index (κ3) is 3.25. The summed E-state index contributed by atoms with van der Waals surface area (Å²) < 4.78 is 1.17. The molecule has 0 bridgehead atoms. The normalized spacial score (nSPS) is 13.9. The fourth-order valence-corrected chi connectivity index (χ4v) is 2.03. The molecular weight excluding hydrogens is 258 g/mol. The molecule has 6 heteroatoms. The van der Waals surface area contributed by atoms with Gasteiger partial charge in [0.1, 0.15) is 5.56 Å². The van der Waals surface area contributed by atoms with E-state index in [0.717, 1.165) is 0 Å². The minimum absolute atomic E-state index is 0.0169. The van der Waals surface area contributed by atoms with E-state index in [1.807, 2.05) is 13.8 Å². The number of rotatable bonds is 5. The van der Waals surface area contributed by atoms with Gasteiger partial charge in [-0.2, -0.15) is 5.10 Å². The zero-order valence-electron chi connectivity index (χ0n) is 12.8. The maximum absolute atomic E-state index is 12.4. The van der Waals surface area contributed by atoms with Gasteiger partial charge in [0.25, 0.3) is 11.5 Å². The van der Waals surface area contributed by atoms with Gasteiger partial charge in [0.05, 0.1) is 5.69 Å². The van der Waals surface area contributed by atoms with E-state index in [9.17, 15) is 9.59 Å². The highest BCUT2D eigenvalue weighted by molar-refractivity contribution is 5.95. The van der Waals surface area contributed by atoms with Crippen molar-refractivity contribution in [2.75, 3.05) is 6.61 Å². The predicted molar refractivity (Wildman–Crippen MR) is 76.8 cm³/mol. The minimum Gasteiger partial charge on any atom is -0.396 e. The number of aromatic nitrogens is 2. The zero-order chi connectivity index (χ0) is 15.5. The number of aliphatic hydroxyl groups is 1. The molecule has 1 atom stereocenters. The molecule has 1 unspecified atom stereocenters. The van der Waals surface area contributed by atoms with E-state index in [1.165, 1.54) is 11.7 Å². The van der Waals surface area contributed by atoms with E-state index in [-0.39, 0.29) is 12.2 Å². The Kier molecular flexibility index (Phi) is 5.05. The summed E-state index contributed by atoms with van der Waals surface area (Å²) in [6.07, 6.45) is 1.11. The average Bonchev–Trinajstić information content (AvgIpc) is 2.37. The molecule has 0 saturated carbocycles. The van der Waals surface area contributed by atoms with Crippen molar-refractivity contribution in [1.82, 2.24) is 15.1 Å². The van der Waals surface area contributed by atoms with E-state index >= 15 is 0 Å². The number of hydrogen-bond donors (Lipinski definition) is 2. The van der Waals surface area contributed by atoms with Gasteiger partial charge in [0.2, 0.25) is 0 Å². The number of carbonyl (C=O) groups is 1. The van der Waals surface area contributed by atoms with E-state index < -0.39 is 17.0 Å². The van der Waals surface area contributed by atoms with Crippen LogP contribution < -0.4 is 10.9 Å². The Morgan fingerprint density at radius 2 is 2.05 bits per heavy atom. The van der Waals surface area contributed by atoms with Crippen molar-refractivity contribution in [2.24, 2.45) is 7.05 Å². The van der Waals surface area contributed by atoms with Crippen LogP contribution in [0.15, 0.2) is 4.79 Å². The standard InChI is InChI=1S/C14H23N3O3/c1-6-14(4,7-8-18)15-12(19)11-9(2)10(3)16-17(5)13(11)20/h18H,6-8H2,1-5H3,(H,15,19). The van der Waals surface area contributed by atoms with Crippen LogP contribution in [0.3, 0.4) is 0 Å². The second-order valence-corrected chi connectivity index (χ2v) is 5.36. The zero-order valence-corrected chi connectivity index (χ0v) is 12.8. The van der Waals surface area contributed by atoms with Gasteiger partial charge in [-0.05, 0) is 39.2 Å². The number of carbonyl (C=O) groups excluding carboxylic acids is 1. The Morgan fingerprint density at radius 1 is 1.45 bits per heavy atom. The number of aryl methyl sites for hydroxylation is 2. The Balaban J connectivity index is 3.20. The molecule has 0 saturated heterocycles. The molecule has 20 heavy (non-hydrogen) atoms. The molecule has 0 fully saturated rings. The van der Waals surface area contributed by atoms with Crippen LogP contribution in [0, 0.1) is 13.8 Å². The van der Waals surface area contributed by atoms with Crippen molar-refractivity contribution >= 4 is 5.91 Å². The molecule has 1 aromatic heterocycles. The molecule has 0 aliphatic rings. The molecule has 2 N–H and O–H groups in total. The summed E-state index contributed by atoms with van der Waals surface area (Å²) in [5.41, 5.74) is 0.428. The number of nitrogens with zero attached hydrogens (tertiary/aromatic N) is 2. The summed E-state index contributed by atoms with van der Waals surface area (Å²) in [4.78, 5) is 24.5. The minimum atomic E-state index is -0.527. The van der Waals surface area contributed by atoms with Crippen LogP contribution in [0.1, 0.15) is 48.3 Å². The van der Waals surface area contributed by atoms with Gasteiger partial charge in [0, 0.05) is 19.2 Å². The highest BCUT2D eigenvalue weighted by Gasteiger charge is 2.27. The van der Waals surface area contributed by atoms with Gasteiger partial charge in [-0.15, -0.1) is 0 Å². The maximum atomic E-state index is 12.4. The van der Waals surface area contributed by atoms with Crippen LogP contribution in [0.5, 0.6) is 0 Å². The van der Waals surface area contributed by atoms with Gasteiger partial charge >= 0.3 is 0 Å². The van der Waals surface area contributed by atoms with Crippen molar-refractivity contribution in [3.8, 4) is 0 Å². The lowest BCUT2D eigenvalue weighted by molar-refractivity contribution is 0.0882. The molecule has 0 aliphatic carbocycles. The predicted octanol–water partition coefficient (Wildman–Crippen LogP) is 0.678. The van der Waals surface area contributed by atoms with E-state index in [0.29, 0.717) is 24.1 Å². The molecule has 112 valence electrons. The van der Waals surface area contributed by atoms with Crippen LogP contribution in [-0.2, 0) is 7.05 Å². The molecule has 0 radical (unpaired) electrons. The SMILES string of the molecule is CCC(C)(CCO)NC(=O)c1c(C)c(C)nn(C)c1=O. The fourth-order valence-electron chi connectivity index (χ4n) is 2.03. The first-order valence-electron chi connectivity index (χ1n) is 6.73. The number of hydrogen-bond acceptors (Lipinski definition) is 4. The number of amides is 1. The first kappa shape index (κ1) is 16.4. The summed E-state index contributed by atoms with van der Waals surface area (Å²) >= 11 is 0. The maximum Gasteiger partial charge on any atom is 0.279 e. The van der Waals surface area contributed by atoms with Crippen molar-refractivity contribution < 1.29 is 9.90 Å². The molecule has 6 nitrogen and oxygen atoms in total. The second-order valence-electron chi connectivity index (χ2n) is 5.36. The topological polar surface area (TPSA) is 84.2 Å². The largest absolute Gasteiger partial charge is 0.396 e. The summed E-state index contributed by atoms with van der Waals surface area (Å²) in [7, 11) is 1.53. The Morgan fingerprint density at radius 3 is 2.55 bits per heavy atom. The van der Waals surface area contributed by atoms with Gasteiger partial charge < -0.3 is 10.4 Å². The van der Waals surface area contributed by atoms with Crippen molar-refractivity contribution in [2.45, 2.75) is 46.1 Å². The highest BCUT2D eigenvalue weighted by atomic mass is 16.3. The molecule has 0 aliphatic heterocycles. The first-order chi connectivity index (χ1) is 9.25. The van der Waals surface area contributed by atoms with Gasteiger partial charge in [-0.25, -0.2) is 4.68 Å². The monoisotopic (exact) mass is 281 g/mol. The Labute approximate surface area is 118 Å². The van der Waals surface area contributed by atoms with Gasteiger partial charge in [0.15, 0.2) is 0 Å². The third-order valence-electron chi connectivity index (χ3n) is 3.81. The lowest BCUT2D eigenvalue weighted by Crippen LogP contribution is -2.48. The van der Waals surface area contributed by atoms with Crippen molar-refractivity contribution in [3.05, 3.63) is 27.2 Å². The van der Waals surface area contributed by atoms with Crippen LogP contribution in [0.4, 0.5) is 0 Å². The lowest BCUT2D eigenvalue weighted by atomic mass is 9.94. The molecule has 1 aromatic rings. The molecular formula is C14H23N3O3. The summed E-state index contributed by atoms with van der Waals surface area (Å²) in [6.45, 7) is 7.25. The summed E-state index contributed by atoms with van der Waals surface area (Å²) in [5, 5.41) is 16.0. The Hall–Kier alpha value is -1.69. The quantitative estimate of drug-likeness (QED) is 0.831. The smallest absolute Gasteiger partial charge is 0.279 e. The van der Waals surface area contributed by atoms with E-state index in [1.54, 1.807) is 13.8 Å². The molecule has 1 amide bonds. The average molecular weight is 281 g/mol. The van der Waals surface area contributed by atoms with Crippen molar-refractivity contribution in [1.29, 1.82) is 0 Å². The van der Waals surface area contributed by atoms with Gasteiger partial charge in [-0.3, -0.25) is 9.59 Å². The summed E-state index contributed by atoms with van der Waals surface area (Å²) in [6, 6.07) is 0. The van der Waals surface area contributed by atoms with Crippen LogP contribution in [0.2, 0.25) is 0 Å². The van der Waals surface area contributed by atoms with E-state index in [2.05, 4.69) is 10.4 Å². The number of nitrogens with one attached hydrogen (secondary N) is 1. The molecule has 1 rings (SSSR count). The molecule has 1 heterocycles. The lowest BCUT2D eigenvalue weighted by Gasteiger charge is -2.29. The first-order valence-corrected chi connectivity index (χ1v) is 6.73. The molecule has 0 aromatic carbocycles. The fraction of sp³-hybridized carbons (Fsp3) is 0.643. The van der Waals surface area contributed by atoms with Crippen LogP contribution in [0.25, 0.3) is 0 Å². The highest BCUT2D eigenvalue weighted by Crippen LogP contribution is 2.15. The van der Waals surface area contributed by atoms with Crippen LogP contribution in [-0.4, -0.2) is 32.9 Å². The van der Waals surface area contributed by atoms with Crippen molar-refractivity contribution in [3.63, 3.8) is 0 Å². The van der Waals surface area contributed by atoms with E-state index in [4.69, 9.17) is 5.11 Å². The van der Waals surface area contributed by atoms with Crippen LogP contribution >= 0.6 is 0 Å².